The van der Waals surface area contributed by atoms with E-state index in [9.17, 15) is 9.59 Å². The second-order valence-corrected chi connectivity index (χ2v) is 4.90. The van der Waals surface area contributed by atoms with Crippen LogP contribution in [0.1, 0.15) is 5.56 Å². The maximum atomic E-state index is 12.5. The SMILES string of the molecule is C=CCN(Cc1ccccc1OC)C(=O)Cn1cccnc1=O. The zero-order valence-corrected chi connectivity index (χ0v) is 13.0. The maximum absolute atomic E-state index is 12.5. The molecule has 0 atom stereocenters. The highest BCUT2D eigenvalue weighted by atomic mass is 16.5. The summed E-state index contributed by atoms with van der Waals surface area (Å²) >= 11 is 0. The fourth-order valence-corrected chi connectivity index (χ4v) is 2.20. The Labute approximate surface area is 134 Å². The van der Waals surface area contributed by atoms with Crippen molar-refractivity contribution < 1.29 is 9.53 Å². The standard InChI is InChI=1S/C17H19N3O3/c1-3-10-19(12-14-7-4-5-8-15(14)23-2)16(21)13-20-11-6-9-18-17(20)22/h3-9,11H,1,10,12-13H2,2H3. The van der Waals surface area contributed by atoms with Crippen molar-refractivity contribution in [2.24, 2.45) is 0 Å². The molecule has 0 unspecified atom stereocenters. The van der Waals surface area contributed by atoms with Gasteiger partial charge < -0.3 is 9.64 Å². The number of nitrogens with zero attached hydrogens (tertiary/aromatic N) is 3. The Morgan fingerprint density at radius 3 is 2.87 bits per heavy atom. The van der Waals surface area contributed by atoms with E-state index in [4.69, 9.17) is 4.74 Å². The molecule has 23 heavy (non-hydrogen) atoms. The average Bonchev–Trinajstić information content (AvgIpc) is 2.57. The molecule has 6 nitrogen and oxygen atoms in total. The van der Waals surface area contributed by atoms with Gasteiger partial charge in [0.15, 0.2) is 0 Å². The third-order valence-electron chi connectivity index (χ3n) is 3.34. The Kier molecular flexibility index (Phi) is 5.68. The molecule has 0 aliphatic heterocycles. The number of rotatable bonds is 7. The molecule has 1 amide bonds. The van der Waals surface area contributed by atoms with Crippen molar-refractivity contribution in [3.63, 3.8) is 0 Å². The van der Waals surface area contributed by atoms with E-state index in [-0.39, 0.29) is 12.5 Å². The summed E-state index contributed by atoms with van der Waals surface area (Å²) in [6, 6.07) is 9.12. The minimum Gasteiger partial charge on any atom is -0.496 e. The van der Waals surface area contributed by atoms with Crippen LogP contribution in [0.3, 0.4) is 0 Å². The van der Waals surface area contributed by atoms with Gasteiger partial charge in [-0.15, -0.1) is 6.58 Å². The molecule has 0 N–H and O–H groups in total. The van der Waals surface area contributed by atoms with Gasteiger partial charge in [0.25, 0.3) is 0 Å². The Morgan fingerprint density at radius 2 is 2.17 bits per heavy atom. The summed E-state index contributed by atoms with van der Waals surface area (Å²) in [6.45, 7) is 4.39. The second kappa shape index (κ2) is 7.93. The van der Waals surface area contributed by atoms with Crippen LogP contribution in [0.5, 0.6) is 5.75 Å². The highest BCUT2D eigenvalue weighted by Crippen LogP contribution is 2.19. The molecule has 1 aromatic heterocycles. The van der Waals surface area contributed by atoms with Crippen LogP contribution in [-0.2, 0) is 17.9 Å². The first-order chi connectivity index (χ1) is 11.2. The Hall–Kier alpha value is -2.89. The molecule has 0 saturated heterocycles. The van der Waals surface area contributed by atoms with Gasteiger partial charge in [-0.2, -0.15) is 0 Å². The number of hydrogen-bond donors (Lipinski definition) is 0. The average molecular weight is 313 g/mol. The van der Waals surface area contributed by atoms with Crippen LogP contribution in [0, 0.1) is 0 Å². The molecule has 0 aliphatic rings. The minimum atomic E-state index is -0.448. The summed E-state index contributed by atoms with van der Waals surface area (Å²) in [7, 11) is 1.59. The van der Waals surface area contributed by atoms with E-state index in [2.05, 4.69) is 11.6 Å². The van der Waals surface area contributed by atoms with Crippen LogP contribution in [0.2, 0.25) is 0 Å². The van der Waals surface area contributed by atoms with Crippen molar-refractivity contribution in [1.82, 2.24) is 14.5 Å². The lowest BCUT2D eigenvalue weighted by Crippen LogP contribution is -2.36. The van der Waals surface area contributed by atoms with Gasteiger partial charge in [-0.1, -0.05) is 24.3 Å². The number of aromatic nitrogens is 2. The molecule has 0 saturated carbocycles. The second-order valence-electron chi connectivity index (χ2n) is 4.90. The summed E-state index contributed by atoms with van der Waals surface area (Å²) in [5, 5.41) is 0. The third-order valence-corrected chi connectivity index (χ3v) is 3.34. The Balaban J connectivity index is 2.17. The lowest BCUT2D eigenvalue weighted by molar-refractivity contribution is -0.132. The summed E-state index contributed by atoms with van der Waals surface area (Å²) in [5.74, 6) is 0.527. The summed E-state index contributed by atoms with van der Waals surface area (Å²) in [6.07, 6.45) is 4.60. The van der Waals surface area contributed by atoms with E-state index in [1.807, 2.05) is 24.3 Å². The highest BCUT2D eigenvalue weighted by molar-refractivity contribution is 5.76. The Bertz CT molecular complexity index is 740. The fourth-order valence-electron chi connectivity index (χ4n) is 2.20. The van der Waals surface area contributed by atoms with E-state index in [0.29, 0.717) is 18.8 Å². The van der Waals surface area contributed by atoms with Gasteiger partial charge in [0.1, 0.15) is 12.3 Å². The van der Waals surface area contributed by atoms with Crippen LogP contribution in [-0.4, -0.2) is 34.0 Å². The largest absolute Gasteiger partial charge is 0.496 e. The van der Waals surface area contributed by atoms with Gasteiger partial charge in [-0.25, -0.2) is 9.78 Å². The van der Waals surface area contributed by atoms with Gasteiger partial charge in [0.2, 0.25) is 5.91 Å². The normalized spacial score (nSPS) is 10.1. The molecule has 0 radical (unpaired) electrons. The van der Waals surface area contributed by atoms with Crippen molar-refractivity contribution >= 4 is 5.91 Å². The number of hydrogen-bond acceptors (Lipinski definition) is 4. The monoisotopic (exact) mass is 313 g/mol. The van der Waals surface area contributed by atoms with Gasteiger partial charge in [-0.3, -0.25) is 9.36 Å². The lowest BCUT2D eigenvalue weighted by Gasteiger charge is -2.22. The first-order valence-electron chi connectivity index (χ1n) is 7.17. The number of carbonyl (C=O) groups is 1. The predicted octanol–water partition coefficient (Wildman–Crippen LogP) is 1.47. The van der Waals surface area contributed by atoms with E-state index >= 15 is 0 Å². The summed E-state index contributed by atoms with van der Waals surface area (Å²) in [5.41, 5.74) is 0.445. The molecule has 1 heterocycles. The third kappa shape index (κ3) is 4.29. The van der Waals surface area contributed by atoms with E-state index in [1.54, 1.807) is 30.3 Å². The van der Waals surface area contributed by atoms with Crippen molar-refractivity contribution in [3.05, 3.63) is 71.4 Å². The number of amides is 1. The molecule has 0 fully saturated rings. The van der Waals surface area contributed by atoms with E-state index in [0.717, 1.165) is 5.56 Å². The van der Waals surface area contributed by atoms with Crippen LogP contribution >= 0.6 is 0 Å². The van der Waals surface area contributed by atoms with Crippen molar-refractivity contribution in [1.29, 1.82) is 0 Å². The van der Waals surface area contributed by atoms with Crippen molar-refractivity contribution in [2.45, 2.75) is 13.1 Å². The number of benzene rings is 1. The predicted molar refractivity (Wildman–Crippen MR) is 87.1 cm³/mol. The minimum absolute atomic E-state index is 0.0599. The first-order valence-corrected chi connectivity index (χ1v) is 7.17. The topological polar surface area (TPSA) is 64.4 Å². The van der Waals surface area contributed by atoms with Gasteiger partial charge in [0.05, 0.1) is 7.11 Å². The zero-order chi connectivity index (χ0) is 16.7. The number of ether oxygens (including phenoxy) is 1. The zero-order valence-electron chi connectivity index (χ0n) is 13.0. The first kappa shape index (κ1) is 16.5. The lowest BCUT2D eigenvalue weighted by atomic mass is 10.2. The molecule has 120 valence electrons. The highest BCUT2D eigenvalue weighted by Gasteiger charge is 2.15. The molecule has 0 spiro atoms. The fraction of sp³-hybridized carbons (Fsp3) is 0.235. The molecule has 2 rings (SSSR count). The smallest absolute Gasteiger partial charge is 0.347 e. The number of para-hydroxylation sites is 1. The van der Waals surface area contributed by atoms with Crippen molar-refractivity contribution in [3.8, 4) is 5.75 Å². The molecular formula is C17H19N3O3. The molecule has 6 heteroatoms. The van der Waals surface area contributed by atoms with Crippen LogP contribution in [0.25, 0.3) is 0 Å². The van der Waals surface area contributed by atoms with Gasteiger partial charge in [0, 0.05) is 31.0 Å². The number of methoxy groups -OCH3 is 1. The van der Waals surface area contributed by atoms with Gasteiger partial charge >= 0.3 is 5.69 Å². The molecule has 0 bridgehead atoms. The quantitative estimate of drug-likeness (QED) is 0.726. The molecule has 2 aromatic rings. The van der Waals surface area contributed by atoms with Crippen LogP contribution in [0.4, 0.5) is 0 Å². The molecule has 1 aromatic carbocycles. The molecular weight excluding hydrogens is 294 g/mol. The van der Waals surface area contributed by atoms with Crippen LogP contribution in [0.15, 0.2) is 60.2 Å². The van der Waals surface area contributed by atoms with E-state index < -0.39 is 5.69 Å². The molecule has 0 aliphatic carbocycles. The summed E-state index contributed by atoms with van der Waals surface area (Å²) in [4.78, 5) is 29.4. The van der Waals surface area contributed by atoms with Crippen LogP contribution < -0.4 is 10.4 Å². The Morgan fingerprint density at radius 1 is 1.39 bits per heavy atom. The number of carbonyl (C=O) groups excluding carboxylic acids is 1. The van der Waals surface area contributed by atoms with Gasteiger partial charge in [-0.05, 0) is 12.1 Å². The van der Waals surface area contributed by atoms with Crippen molar-refractivity contribution in [2.75, 3.05) is 13.7 Å². The summed E-state index contributed by atoms with van der Waals surface area (Å²) < 4.78 is 6.59. The van der Waals surface area contributed by atoms with E-state index in [1.165, 1.54) is 10.8 Å². The maximum Gasteiger partial charge on any atom is 0.347 e.